The maximum Gasteiger partial charge on any atom is 0.320 e. The number of terminal acetylenes is 1. The number of benzene rings is 2. The van der Waals surface area contributed by atoms with Crippen molar-refractivity contribution in [3.05, 3.63) is 70.2 Å². The van der Waals surface area contributed by atoms with E-state index in [9.17, 15) is 9.59 Å². The lowest BCUT2D eigenvalue weighted by Crippen LogP contribution is -2.42. The maximum atomic E-state index is 13.1. The Morgan fingerprint density at radius 1 is 1.06 bits per heavy atom. The molecule has 1 fully saturated rings. The molecular formula is C29H35ClN2O3. The minimum absolute atomic E-state index is 0.0358. The Morgan fingerprint density at radius 2 is 1.69 bits per heavy atom. The zero-order valence-corrected chi connectivity index (χ0v) is 21.6. The molecular weight excluding hydrogens is 460 g/mol. The van der Waals surface area contributed by atoms with E-state index in [0.717, 1.165) is 31.2 Å². The molecule has 0 aromatic heterocycles. The average Bonchev–Trinajstić information content (AvgIpc) is 2.82. The Hall–Kier alpha value is -2.81. The summed E-state index contributed by atoms with van der Waals surface area (Å²) >= 11 is 5.97. The number of carbonyl (C=O) groups excluding carboxylic acids is 2. The summed E-state index contributed by atoms with van der Waals surface area (Å²) in [7, 11) is 0. The van der Waals surface area contributed by atoms with Crippen molar-refractivity contribution in [2.75, 3.05) is 13.1 Å². The molecule has 2 aromatic carbocycles. The van der Waals surface area contributed by atoms with Gasteiger partial charge in [0.2, 0.25) is 0 Å². The Morgan fingerprint density at radius 3 is 2.26 bits per heavy atom. The molecule has 1 saturated carbocycles. The number of nitrogens with zero attached hydrogens (tertiary/aromatic N) is 1. The van der Waals surface area contributed by atoms with Gasteiger partial charge >= 0.3 is 5.97 Å². The highest BCUT2D eigenvalue weighted by Gasteiger charge is 2.29. The number of carbonyl (C=O) groups is 2. The molecule has 0 aliphatic heterocycles. The molecule has 0 atom stereocenters. The molecule has 6 heteroatoms. The van der Waals surface area contributed by atoms with E-state index in [4.69, 9.17) is 22.8 Å². The third-order valence-electron chi connectivity index (χ3n) is 6.22. The highest BCUT2D eigenvalue weighted by Crippen LogP contribution is 2.35. The summed E-state index contributed by atoms with van der Waals surface area (Å²) in [6.07, 6.45) is 9.45. The SMILES string of the molecule is C#CCN(C(=O)c1ccc(Cl)cc1)[C@H]1CC[C@H](c2ccc(CNCC(=O)OC(C)(C)C)cc2)CC1. The van der Waals surface area contributed by atoms with Crippen LogP contribution in [-0.4, -0.2) is 41.5 Å². The number of amides is 1. The van der Waals surface area contributed by atoms with Gasteiger partial charge in [0, 0.05) is 23.2 Å². The number of esters is 1. The molecule has 1 N–H and O–H groups in total. The molecule has 0 saturated heterocycles. The van der Waals surface area contributed by atoms with E-state index in [2.05, 4.69) is 35.5 Å². The van der Waals surface area contributed by atoms with Crippen molar-refractivity contribution in [3.8, 4) is 12.3 Å². The minimum Gasteiger partial charge on any atom is -0.459 e. The zero-order valence-electron chi connectivity index (χ0n) is 20.9. The van der Waals surface area contributed by atoms with E-state index in [1.807, 2.05) is 25.7 Å². The van der Waals surface area contributed by atoms with E-state index in [0.29, 0.717) is 29.6 Å². The average molecular weight is 495 g/mol. The smallest absolute Gasteiger partial charge is 0.320 e. The normalized spacial score (nSPS) is 17.9. The first-order valence-corrected chi connectivity index (χ1v) is 12.6. The number of halogens is 1. The van der Waals surface area contributed by atoms with E-state index in [1.54, 1.807) is 24.3 Å². The lowest BCUT2D eigenvalue weighted by molar-refractivity contribution is -0.153. The molecule has 1 aliphatic carbocycles. The van der Waals surface area contributed by atoms with Gasteiger partial charge in [0.25, 0.3) is 5.91 Å². The van der Waals surface area contributed by atoms with Crippen LogP contribution < -0.4 is 5.32 Å². The van der Waals surface area contributed by atoms with Crippen LogP contribution in [0.15, 0.2) is 48.5 Å². The molecule has 1 amide bonds. The van der Waals surface area contributed by atoms with Crippen LogP contribution in [0, 0.1) is 12.3 Å². The van der Waals surface area contributed by atoms with Crippen LogP contribution in [0.4, 0.5) is 0 Å². The van der Waals surface area contributed by atoms with Crippen LogP contribution in [0.1, 0.15) is 73.9 Å². The van der Waals surface area contributed by atoms with Crippen LogP contribution in [0.25, 0.3) is 0 Å². The molecule has 5 nitrogen and oxygen atoms in total. The van der Waals surface area contributed by atoms with Gasteiger partial charge in [-0.2, -0.15) is 0 Å². The van der Waals surface area contributed by atoms with Crippen molar-refractivity contribution in [2.45, 2.75) is 70.6 Å². The zero-order chi connectivity index (χ0) is 25.4. The second kappa shape index (κ2) is 12.2. The van der Waals surface area contributed by atoms with Crippen LogP contribution in [0.5, 0.6) is 0 Å². The number of hydrogen-bond donors (Lipinski definition) is 1. The molecule has 0 bridgehead atoms. The van der Waals surface area contributed by atoms with Gasteiger partial charge in [0.1, 0.15) is 5.60 Å². The van der Waals surface area contributed by atoms with Gasteiger partial charge in [-0.3, -0.25) is 9.59 Å². The summed E-state index contributed by atoms with van der Waals surface area (Å²) in [5, 5.41) is 3.75. The molecule has 0 spiro atoms. The molecule has 35 heavy (non-hydrogen) atoms. The number of nitrogens with one attached hydrogen (secondary N) is 1. The summed E-state index contributed by atoms with van der Waals surface area (Å²) in [5.41, 5.74) is 2.58. The standard InChI is InChI=1S/C29H35ClN2O3/c1-5-18-32(28(34)24-10-14-25(30)15-11-24)26-16-12-23(13-17-26)22-8-6-21(7-9-22)19-31-20-27(33)35-29(2,3)4/h1,6-11,14-15,23,26,31H,12-13,16-20H2,2-4H3/t23-,26-. The van der Waals surface area contributed by atoms with Gasteiger partial charge < -0.3 is 15.0 Å². The van der Waals surface area contributed by atoms with Crippen molar-refractivity contribution in [1.82, 2.24) is 10.2 Å². The second-order valence-corrected chi connectivity index (χ2v) is 10.5. The Balaban J connectivity index is 1.51. The largest absolute Gasteiger partial charge is 0.459 e. The predicted octanol–water partition coefficient (Wildman–Crippen LogP) is 5.57. The van der Waals surface area contributed by atoms with E-state index >= 15 is 0 Å². The van der Waals surface area contributed by atoms with Crippen molar-refractivity contribution in [3.63, 3.8) is 0 Å². The summed E-state index contributed by atoms with van der Waals surface area (Å²) < 4.78 is 5.32. The summed E-state index contributed by atoms with van der Waals surface area (Å²) in [6.45, 7) is 6.69. The number of hydrogen-bond acceptors (Lipinski definition) is 4. The highest BCUT2D eigenvalue weighted by molar-refractivity contribution is 6.30. The van der Waals surface area contributed by atoms with Gasteiger partial charge in [-0.1, -0.05) is 41.8 Å². The Kier molecular flexibility index (Phi) is 9.37. The van der Waals surface area contributed by atoms with Crippen molar-refractivity contribution >= 4 is 23.5 Å². The first-order valence-electron chi connectivity index (χ1n) is 12.2. The maximum absolute atomic E-state index is 13.1. The fourth-order valence-corrected chi connectivity index (χ4v) is 4.66. The van der Waals surface area contributed by atoms with Crippen LogP contribution >= 0.6 is 11.6 Å². The summed E-state index contributed by atoms with van der Waals surface area (Å²) in [4.78, 5) is 26.8. The number of ether oxygens (including phenoxy) is 1. The van der Waals surface area contributed by atoms with Gasteiger partial charge in [0.15, 0.2) is 0 Å². The van der Waals surface area contributed by atoms with Crippen LogP contribution in [0.3, 0.4) is 0 Å². The minimum atomic E-state index is -0.472. The Bertz CT molecular complexity index is 1030. The second-order valence-electron chi connectivity index (χ2n) is 10.1. The molecule has 3 rings (SSSR count). The molecule has 186 valence electrons. The van der Waals surface area contributed by atoms with Crippen molar-refractivity contribution in [1.29, 1.82) is 0 Å². The lowest BCUT2D eigenvalue weighted by Gasteiger charge is -2.36. The van der Waals surface area contributed by atoms with E-state index in [1.165, 1.54) is 5.56 Å². The lowest BCUT2D eigenvalue weighted by atomic mass is 9.81. The van der Waals surface area contributed by atoms with Crippen LogP contribution in [-0.2, 0) is 16.1 Å². The highest BCUT2D eigenvalue weighted by atomic mass is 35.5. The van der Waals surface area contributed by atoms with Gasteiger partial charge in [-0.05, 0) is 87.8 Å². The number of rotatable bonds is 8. The predicted molar refractivity (Wildman–Crippen MR) is 140 cm³/mol. The molecule has 1 aliphatic rings. The summed E-state index contributed by atoms with van der Waals surface area (Å²) in [5.74, 6) is 2.83. The third-order valence-corrected chi connectivity index (χ3v) is 6.47. The van der Waals surface area contributed by atoms with Crippen LogP contribution in [0.2, 0.25) is 5.02 Å². The summed E-state index contributed by atoms with van der Waals surface area (Å²) in [6, 6.07) is 15.7. The van der Waals surface area contributed by atoms with E-state index in [-0.39, 0.29) is 24.5 Å². The first kappa shape index (κ1) is 26.8. The molecule has 2 aromatic rings. The molecule has 0 radical (unpaired) electrons. The fraction of sp³-hybridized carbons (Fsp3) is 0.448. The van der Waals surface area contributed by atoms with Gasteiger partial charge in [0.05, 0.1) is 13.1 Å². The topological polar surface area (TPSA) is 58.6 Å². The molecule has 0 heterocycles. The van der Waals surface area contributed by atoms with Crippen molar-refractivity contribution < 1.29 is 14.3 Å². The van der Waals surface area contributed by atoms with Crippen molar-refractivity contribution in [2.24, 2.45) is 0 Å². The quantitative estimate of drug-likeness (QED) is 0.385. The van der Waals surface area contributed by atoms with Gasteiger partial charge in [-0.25, -0.2) is 0 Å². The first-order chi connectivity index (χ1) is 16.7. The van der Waals surface area contributed by atoms with E-state index < -0.39 is 5.60 Å². The van der Waals surface area contributed by atoms with Gasteiger partial charge in [-0.15, -0.1) is 6.42 Å². The Labute approximate surface area is 214 Å². The monoisotopic (exact) mass is 494 g/mol. The fourth-order valence-electron chi connectivity index (χ4n) is 4.54. The molecule has 0 unspecified atom stereocenters. The third kappa shape index (κ3) is 8.13.